The number of aryl methyl sites for hydroxylation is 1. The number of nitrogens with one attached hydrogen (secondary N) is 2. The van der Waals surface area contributed by atoms with Gasteiger partial charge < -0.3 is 15.7 Å². The molecule has 0 spiro atoms. The van der Waals surface area contributed by atoms with Gasteiger partial charge in [-0.25, -0.2) is 0 Å². The minimum atomic E-state index is -4.52. The number of halogens is 3. The quantitative estimate of drug-likeness (QED) is 0.690. The normalized spacial score (nSPS) is 12.6. The number of benzene rings is 1. The average molecular weight is 318 g/mol. The molecule has 22 heavy (non-hydrogen) atoms. The first-order chi connectivity index (χ1) is 10.2. The van der Waals surface area contributed by atoms with E-state index in [4.69, 9.17) is 0 Å². The second-order valence-corrected chi connectivity index (χ2v) is 4.75. The molecule has 0 saturated heterocycles. The molecule has 2 amide bonds. The molecule has 0 aliphatic rings. The Morgan fingerprint density at radius 3 is 2.36 bits per heavy atom. The van der Waals surface area contributed by atoms with Gasteiger partial charge in [0, 0.05) is 6.54 Å². The molecule has 1 rings (SSSR count). The van der Waals surface area contributed by atoms with E-state index in [-0.39, 0.29) is 6.54 Å². The SMILES string of the molecule is Cc1ccccc1C(O)CNC(=O)CC(=O)NCC(F)(F)F. The summed E-state index contributed by atoms with van der Waals surface area (Å²) in [6.07, 6.45) is -6.20. The zero-order valence-electron chi connectivity index (χ0n) is 11.9. The molecule has 0 aliphatic carbocycles. The van der Waals surface area contributed by atoms with Crippen LogP contribution < -0.4 is 10.6 Å². The monoisotopic (exact) mass is 318 g/mol. The first kappa shape index (κ1) is 18.0. The van der Waals surface area contributed by atoms with Crippen LogP contribution in [0.25, 0.3) is 0 Å². The van der Waals surface area contributed by atoms with Gasteiger partial charge in [0.05, 0.1) is 6.10 Å². The fraction of sp³-hybridized carbons (Fsp3) is 0.429. The van der Waals surface area contributed by atoms with E-state index < -0.39 is 37.1 Å². The van der Waals surface area contributed by atoms with Crippen molar-refractivity contribution in [3.8, 4) is 0 Å². The molecule has 0 heterocycles. The van der Waals surface area contributed by atoms with E-state index in [1.807, 2.05) is 0 Å². The smallest absolute Gasteiger partial charge is 0.387 e. The summed E-state index contributed by atoms with van der Waals surface area (Å²) < 4.78 is 35.7. The minimum absolute atomic E-state index is 0.129. The summed E-state index contributed by atoms with van der Waals surface area (Å²) in [5, 5.41) is 13.8. The minimum Gasteiger partial charge on any atom is -0.387 e. The van der Waals surface area contributed by atoms with Crippen LogP contribution in [0.5, 0.6) is 0 Å². The van der Waals surface area contributed by atoms with Crippen LogP contribution in [0, 0.1) is 6.92 Å². The number of amides is 2. The van der Waals surface area contributed by atoms with Crippen LogP contribution in [0.1, 0.15) is 23.7 Å². The van der Waals surface area contributed by atoms with Crippen LogP contribution in [0.2, 0.25) is 0 Å². The van der Waals surface area contributed by atoms with Crippen LogP contribution in [0.4, 0.5) is 13.2 Å². The lowest BCUT2D eigenvalue weighted by Gasteiger charge is -2.14. The highest BCUT2D eigenvalue weighted by atomic mass is 19.4. The molecule has 0 aromatic heterocycles. The number of aliphatic hydroxyl groups excluding tert-OH is 1. The van der Waals surface area contributed by atoms with Crippen LogP contribution in [0.3, 0.4) is 0 Å². The summed E-state index contributed by atoms with van der Waals surface area (Å²) in [4.78, 5) is 22.6. The Morgan fingerprint density at radius 2 is 1.77 bits per heavy atom. The van der Waals surface area contributed by atoms with Crippen LogP contribution in [-0.4, -0.2) is 36.2 Å². The third kappa shape index (κ3) is 6.57. The highest BCUT2D eigenvalue weighted by Crippen LogP contribution is 2.16. The molecule has 0 saturated carbocycles. The van der Waals surface area contributed by atoms with Crippen molar-refractivity contribution in [2.45, 2.75) is 25.6 Å². The van der Waals surface area contributed by atoms with E-state index in [1.54, 1.807) is 36.5 Å². The van der Waals surface area contributed by atoms with Crippen molar-refractivity contribution in [3.63, 3.8) is 0 Å². The summed E-state index contributed by atoms with van der Waals surface area (Å²) >= 11 is 0. The van der Waals surface area contributed by atoms with Gasteiger partial charge in [0.1, 0.15) is 13.0 Å². The average Bonchev–Trinajstić information content (AvgIpc) is 2.42. The van der Waals surface area contributed by atoms with Gasteiger partial charge in [0.25, 0.3) is 0 Å². The van der Waals surface area contributed by atoms with Crippen molar-refractivity contribution in [1.82, 2.24) is 10.6 Å². The molecule has 0 aliphatic heterocycles. The largest absolute Gasteiger partial charge is 0.405 e. The predicted octanol–water partition coefficient (Wildman–Crippen LogP) is 1.21. The summed E-state index contributed by atoms with van der Waals surface area (Å²) in [5.74, 6) is -1.78. The molecule has 1 atom stereocenters. The summed E-state index contributed by atoms with van der Waals surface area (Å²) in [6.45, 7) is 0.187. The number of carbonyl (C=O) groups excluding carboxylic acids is 2. The van der Waals surface area contributed by atoms with Gasteiger partial charge in [-0.15, -0.1) is 0 Å². The molecule has 1 aromatic carbocycles. The highest BCUT2D eigenvalue weighted by molar-refractivity contribution is 5.96. The number of hydrogen-bond donors (Lipinski definition) is 3. The predicted molar refractivity (Wildman–Crippen MR) is 72.8 cm³/mol. The van der Waals surface area contributed by atoms with Gasteiger partial charge in [-0.3, -0.25) is 9.59 Å². The fourth-order valence-corrected chi connectivity index (χ4v) is 1.75. The molecule has 122 valence electrons. The van der Waals surface area contributed by atoms with Crippen molar-refractivity contribution in [3.05, 3.63) is 35.4 Å². The maximum atomic E-state index is 11.9. The van der Waals surface area contributed by atoms with Gasteiger partial charge in [-0.1, -0.05) is 24.3 Å². The summed E-state index contributed by atoms with van der Waals surface area (Å²) in [6, 6.07) is 7.03. The second-order valence-electron chi connectivity index (χ2n) is 4.75. The molecule has 5 nitrogen and oxygen atoms in total. The summed E-state index contributed by atoms with van der Waals surface area (Å²) in [7, 11) is 0. The van der Waals surface area contributed by atoms with Gasteiger partial charge in [-0.2, -0.15) is 13.2 Å². The topological polar surface area (TPSA) is 78.4 Å². The standard InChI is InChI=1S/C14H17F3N2O3/c1-9-4-2-3-5-10(9)11(20)7-18-12(21)6-13(22)19-8-14(15,16)17/h2-5,11,20H,6-8H2,1H3,(H,18,21)(H,19,22). The Morgan fingerprint density at radius 1 is 1.18 bits per heavy atom. The molecule has 3 N–H and O–H groups in total. The molecule has 1 aromatic rings. The third-order valence-electron chi connectivity index (χ3n) is 2.85. The lowest BCUT2D eigenvalue weighted by Crippen LogP contribution is -2.38. The molecule has 0 bridgehead atoms. The molecule has 0 radical (unpaired) electrons. The van der Waals surface area contributed by atoms with E-state index in [0.717, 1.165) is 5.56 Å². The van der Waals surface area contributed by atoms with Crippen LogP contribution >= 0.6 is 0 Å². The van der Waals surface area contributed by atoms with E-state index in [1.165, 1.54) is 0 Å². The van der Waals surface area contributed by atoms with Gasteiger partial charge in [0.15, 0.2) is 0 Å². The van der Waals surface area contributed by atoms with E-state index in [0.29, 0.717) is 5.56 Å². The lowest BCUT2D eigenvalue weighted by molar-refractivity contribution is -0.140. The van der Waals surface area contributed by atoms with Crippen LogP contribution in [-0.2, 0) is 9.59 Å². The van der Waals surface area contributed by atoms with E-state index in [2.05, 4.69) is 5.32 Å². The van der Waals surface area contributed by atoms with Crippen molar-refractivity contribution in [2.75, 3.05) is 13.1 Å². The van der Waals surface area contributed by atoms with Gasteiger partial charge in [-0.05, 0) is 18.1 Å². The van der Waals surface area contributed by atoms with Gasteiger partial charge >= 0.3 is 6.18 Å². The Labute approximate surface area is 125 Å². The molecular formula is C14H17F3N2O3. The number of carbonyl (C=O) groups is 2. The van der Waals surface area contributed by atoms with E-state index >= 15 is 0 Å². The van der Waals surface area contributed by atoms with Crippen molar-refractivity contribution in [1.29, 1.82) is 0 Å². The van der Waals surface area contributed by atoms with Crippen LogP contribution in [0.15, 0.2) is 24.3 Å². The van der Waals surface area contributed by atoms with Crippen molar-refractivity contribution in [2.24, 2.45) is 0 Å². The maximum Gasteiger partial charge on any atom is 0.405 e. The van der Waals surface area contributed by atoms with E-state index in [9.17, 15) is 27.9 Å². The van der Waals surface area contributed by atoms with Gasteiger partial charge in [0.2, 0.25) is 11.8 Å². The summed E-state index contributed by atoms with van der Waals surface area (Å²) in [5.41, 5.74) is 1.47. The second kappa shape index (κ2) is 7.79. The fourth-order valence-electron chi connectivity index (χ4n) is 1.75. The molecule has 1 unspecified atom stereocenters. The third-order valence-corrected chi connectivity index (χ3v) is 2.85. The first-order valence-electron chi connectivity index (χ1n) is 6.53. The zero-order chi connectivity index (χ0) is 16.8. The molecular weight excluding hydrogens is 301 g/mol. The van der Waals surface area contributed by atoms with Crippen molar-refractivity contribution < 1.29 is 27.9 Å². The number of hydrogen-bond acceptors (Lipinski definition) is 3. The number of alkyl halides is 3. The Balaban J connectivity index is 2.37. The lowest BCUT2D eigenvalue weighted by atomic mass is 10.0. The first-order valence-corrected chi connectivity index (χ1v) is 6.53. The maximum absolute atomic E-state index is 11.9. The Kier molecular flexibility index (Phi) is 6.36. The Hall–Kier alpha value is -2.09. The van der Waals surface area contributed by atoms with Crippen molar-refractivity contribution >= 4 is 11.8 Å². The molecule has 8 heteroatoms. The number of aliphatic hydroxyl groups is 1. The highest BCUT2D eigenvalue weighted by Gasteiger charge is 2.28. The Bertz CT molecular complexity index is 532. The number of rotatable bonds is 6. The zero-order valence-corrected chi connectivity index (χ0v) is 11.9. The molecule has 0 fully saturated rings.